The summed E-state index contributed by atoms with van der Waals surface area (Å²) in [6, 6.07) is 6.93. The molecule has 0 fully saturated rings. The zero-order valence-corrected chi connectivity index (χ0v) is 15.5. The maximum Gasteiger partial charge on any atom is 0.273 e. The van der Waals surface area contributed by atoms with Gasteiger partial charge in [0.15, 0.2) is 5.69 Å². The molecular weight excluding hydrogens is 337 g/mol. The maximum absolute atomic E-state index is 14.0. The molecule has 7 heteroatoms. The van der Waals surface area contributed by atoms with E-state index < -0.39 is 0 Å². The second kappa shape index (κ2) is 10.0. The molecule has 0 spiro atoms. The Balaban J connectivity index is 2.04. The Hall–Kier alpha value is -2.25. The van der Waals surface area contributed by atoms with Crippen molar-refractivity contribution < 1.29 is 18.3 Å². The molecule has 0 aliphatic rings. The first kappa shape index (κ1) is 20.1. The predicted molar refractivity (Wildman–Crippen MR) is 96.1 cm³/mol. The predicted octanol–water partition coefficient (Wildman–Crippen LogP) is 2.99. The molecule has 2 rings (SSSR count). The summed E-state index contributed by atoms with van der Waals surface area (Å²) in [7, 11) is 1.57. The van der Waals surface area contributed by atoms with E-state index in [-0.39, 0.29) is 23.5 Å². The molecule has 2 aromatic rings. The van der Waals surface area contributed by atoms with Crippen molar-refractivity contribution in [3.05, 3.63) is 53.5 Å². The third-order valence-corrected chi connectivity index (χ3v) is 4.26. The molecule has 1 aromatic heterocycles. The number of nitrogens with zero attached hydrogens (tertiary/aromatic N) is 2. The van der Waals surface area contributed by atoms with Crippen LogP contribution >= 0.6 is 0 Å². The zero-order valence-electron chi connectivity index (χ0n) is 15.5. The van der Waals surface area contributed by atoms with Gasteiger partial charge in [-0.1, -0.05) is 25.1 Å². The van der Waals surface area contributed by atoms with Crippen molar-refractivity contribution in [2.24, 2.45) is 0 Å². The number of aromatic nitrogens is 1. The van der Waals surface area contributed by atoms with Crippen molar-refractivity contribution in [1.82, 2.24) is 15.2 Å². The van der Waals surface area contributed by atoms with Crippen LogP contribution in [0.15, 0.2) is 34.9 Å². The first-order chi connectivity index (χ1) is 12.5. The van der Waals surface area contributed by atoms with Crippen molar-refractivity contribution in [2.75, 3.05) is 20.3 Å². The number of hydrogen-bond acceptors (Lipinski definition) is 5. The summed E-state index contributed by atoms with van der Waals surface area (Å²) in [5.41, 5.74) is 0.850. The van der Waals surface area contributed by atoms with Crippen LogP contribution in [0.2, 0.25) is 0 Å². The number of amides is 1. The van der Waals surface area contributed by atoms with E-state index in [1.54, 1.807) is 19.2 Å². The molecule has 1 atom stereocenters. The van der Waals surface area contributed by atoms with Gasteiger partial charge in [0.1, 0.15) is 12.1 Å². The number of hydrogen-bond donors (Lipinski definition) is 1. The molecule has 0 aliphatic carbocycles. The molecule has 0 aliphatic heterocycles. The minimum atomic E-state index is -0.304. The van der Waals surface area contributed by atoms with E-state index in [2.05, 4.69) is 29.0 Å². The first-order valence-electron chi connectivity index (χ1n) is 8.74. The molecule has 1 aromatic carbocycles. The molecule has 1 unspecified atom stereocenters. The van der Waals surface area contributed by atoms with E-state index in [0.717, 1.165) is 6.42 Å². The second-order valence-corrected chi connectivity index (χ2v) is 6.13. The molecule has 1 amide bonds. The van der Waals surface area contributed by atoms with Gasteiger partial charge in [0, 0.05) is 31.8 Å². The fourth-order valence-corrected chi connectivity index (χ4v) is 2.49. The van der Waals surface area contributed by atoms with Gasteiger partial charge in [0.05, 0.1) is 13.2 Å². The van der Waals surface area contributed by atoms with Crippen LogP contribution in [0.3, 0.4) is 0 Å². The van der Waals surface area contributed by atoms with E-state index in [1.165, 1.54) is 12.3 Å². The Kier molecular flexibility index (Phi) is 7.74. The number of rotatable bonds is 10. The van der Waals surface area contributed by atoms with Crippen molar-refractivity contribution in [3.63, 3.8) is 0 Å². The quantitative estimate of drug-likeness (QED) is 0.657. The number of methoxy groups -OCH3 is 1. The van der Waals surface area contributed by atoms with Crippen LogP contribution in [0.1, 0.15) is 42.2 Å². The summed E-state index contributed by atoms with van der Waals surface area (Å²) in [6.07, 6.45) is 2.24. The fraction of sp³-hybridized carbons (Fsp3) is 0.474. The average molecular weight is 363 g/mol. The lowest BCUT2D eigenvalue weighted by Gasteiger charge is -2.27. The van der Waals surface area contributed by atoms with Gasteiger partial charge in [-0.2, -0.15) is 0 Å². The average Bonchev–Trinajstić information content (AvgIpc) is 3.11. The molecule has 142 valence electrons. The Morgan fingerprint density at radius 1 is 1.38 bits per heavy atom. The highest BCUT2D eigenvalue weighted by atomic mass is 19.1. The van der Waals surface area contributed by atoms with Crippen LogP contribution in [0.4, 0.5) is 4.39 Å². The summed E-state index contributed by atoms with van der Waals surface area (Å²) < 4.78 is 24.3. The van der Waals surface area contributed by atoms with Crippen LogP contribution in [0.25, 0.3) is 0 Å². The fourth-order valence-electron chi connectivity index (χ4n) is 2.49. The Morgan fingerprint density at radius 2 is 2.15 bits per heavy atom. The Bertz CT molecular complexity index is 705. The van der Waals surface area contributed by atoms with Crippen molar-refractivity contribution in [1.29, 1.82) is 0 Å². The van der Waals surface area contributed by atoms with Crippen molar-refractivity contribution in [2.45, 2.75) is 39.4 Å². The number of carbonyl (C=O) groups is 1. The van der Waals surface area contributed by atoms with Crippen LogP contribution in [0.5, 0.6) is 0 Å². The van der Waals surface area contributed by atoms with Gasteiger partial charge in [-0.3, -0.25) is 9.69 Å². The van der Waals surface area contributed by atoms with Gasteiger partial charge in [-0.15, -0.1) is 0 Å². The van der Waals surface area contributed by atoms with Crippen LogP contribution in [-0.4, -0.2) is 42.1 Å². The molecule has 26 heavy (non-hydrogen) atoms. The Morgan fingerprint density at radius 3 is 2.85 bits per heavy atom. The minimum absolute atomic E-state index is 0.209. The standard InChI is InChI=1S/C19H26FN3O3/c1-4-14(2)23(11-15-7-5-6-8-16(15)20)12-18-22-17(13-26-18)19(24)21-9-10-25-3/h5-8,13-14H,4,9-12H2,1-3H3,(H,21,24). The van der Waals surface area contributed by atoms with Gasteiger partial charge < -0.3 is 14.5 Å². The van der Waals surface area contributed by atoms with Crippen LogP contribution < -0.4 is 5.32 Å². The van der Waals surface area contributed by atoms with E-state index in [1.807, 2.05) is 6.07 Å². The summed E-state index contributed by atoms with van der Waals surface area (Å²) in [4.78, 5) is 18.3. The lowest BCUT2D eigenvalue weighted by molar-refractivity contribution is 0.0932. The number of halogens is 1. The topological polar surface area (TPSA) is 67.6 Å². The van der Waals surface area contributed by atoms with E-state index in [0.29, 0.717) is 37.7 Å². The van der Waals surface area contributed by atoms with Crippen LogP contribution in [0, 0.1) is 5.82 Å². The van der Waals surface area contributed by atoms with Gasteiger partial charge in [-0.25, -0.2) is 9.37 Å². The summed E-state index contributed by atoms with van der Waals surface area (Å²) in [5, 5.41) is 2.70. The number of ether oxygens (including phenoxy) is 1. The number of carbonyl (C=O) groups excluding carboxylic acids is 1. The molecular formula is C19H26FN3O3. The number of nitrogens with one attached hydrogen (secondary N) is 1. The van der Waals surface area contributed by atoms with Crippen LogP contribution in [-0.2, 0) is 17.8 Å². The largest absolute Gasteiger partial charge is 0.447 e. The third-order valence-electron chi connectivity index (χ3n) is 4.26. The lowest BCUT2D eigenvalue weighted by atomic mass is 10.1. The molecule has 0 bridgehead atoms. The second-order valence-electron chi connectivity index (χ2n) is 6.13. The lowest BCUT2D eigenvalue weighted by Crippen LogP contribution is -2.32. The van der Waals surface area contributed by atoms with Gasteiger partial charge in [0.25, 0.3) is 5.91 Å². The SMILES string of the molecule is CCC(C)N(Cc1nc(C(=O)NCCOC)co1)Cc1ccccc1F. The first-order valence-corrected chi connectivity index (χ1v) is 8.74. The summed E-state index contributed by atoms with van der Waals surface area (Å²) in [6.45, 7) is 5.82. The molecule has 6 nitrogen and oxygen atoms in total. The van der Waals surface area contributed by atoms with Gasteiger partial charge in [-0.05, 0) is 19.4 Å². The number of oxazole rings is 1. The van der Waals surface area contributed by atoms with Gasteiger partial charge in [0.2, 0.25) is 5.89 Å². The highest BCUT2D eigenvalue weighted by Crippen LogP contribution is 2.17. The molecule has 0 saturated carbocycles. The third kappa shape index (κ3) is 5.64. The normalized spacial score (nSPS) is 12.3. The Labute approximate surface area is 153 Å². The molecule has 1 heterocycles. The molecule has 0 saturated heterocycles. The van der Waals surface area contributed by atoms with E-state index in [9.17, 15) is 9.18 Å². The smallest absolute Gasteiger partial charge is 0.273 e. The highest BCUT2D eigenvalue weighted by molar-refractivity contribution is 5.91. The minimum Gasteiger partial charge on any atom is -0.447 e. The number of benzene rings is 1. The highest BCUT2D eigenvalue weighted by Gasteiger charge is 2.19. The summed E-state index contributed by atoms with van der Waals surface area (Å²) >= 11 is 0. The van der Waals surface area contributed by atoms with Crippen molar-refractivity contribution in [3.8, 4) is 0 Å². The molecule has 0 radical (unpaired) electrons. The van der Waals surface area contributed by atoms with Crippen molar-refractivity contribution >= 4 is 5.91 Å². The van der Waals surface area contributed by atoms with E-state index in [4.69, 9.17) is 9.15 Å². The van der Waals surface area contributed by atoms with Gasteiger partial charge >= 0.3 is 0 Å². The van der Waals surface area contributed by atoms with E-state index >= 15 is 0 Å². The zero-order chi connectivity index (χ0) is 18.9. The monoisotopic (exact) mass is 363 g/mol. The molecule has 1 N–H and O–H groups in total. The summed E-state index contributed by atoms with van der Waals surface area (Å²) in [5.74, 6) is -0.105. The maximum atomic E-state index is 14.0.